The standard InChI is InChI=1S/C7H8OS.Ac/c1-2-6(8)7-4-3-5-9-7;/h2-6,8H,1H2;. The molecular weight excluding hydrogens is 359 g/mol. The van der Waals surface area contributed by atoms with Gasteiger partial charge in [-0.25, -0.2) is 0 Å². The van der Waals surface area contributed by atoms with Crippen LogP contribution in [0.5, 0.6) is 0 Å². The van der Waals surface area contributed by atoms with E-state index in [4.69, 9.17) is 5.11 Å². The molecule has 1 rings (SSSR count). The van der Waals surface area contributed by atoms with Gasteiger partial charge in [-0.15, -0.1) is 17.9 Å². The quantitative estimate of drug-likeness (QED) is 0.793. The molecule has 1 nitrogen and oxygen atoms in total. The van der Waals surface area contributed by atoms with E-state index in [-0.39, 0.29) is 44.1 Å². The molecule has 0 saturated heterocycles. The summed E-state index contributed by atoms with van der Waals surface area (Å²) < 4.78 is 0. The van der Waals surface area contributed by atoms with E-state index >= 15 is 0 Å². The zero-order valence-electron chi connectivity index (χ0n) is 5.53. The Kier molecular flexibility index (Phi) is 5.95. The minimum absolute atomic E-state index is 0. The van der Waals surface area contributed by atoms with Gasteiger partial charge in [0.15, 0.2) is 0 Å². The Morgan fingerprint density at radius 3 is 2.80 bits per heavy atom. The van der Waals surface area contributed by atoms with Gasteiger partial charge in [0.1, 0.15) is 6.10 Å². The molecule has 1 atom stereocenters. The van der Waals surface area contributed by atoms with Crippen molar-refractivity contribution in [1.29, 1.82) is 0 Å². The first-order valence-electron chi connectivity index (χ1n) is 2.68. The third kappa shape index (κ3) is 2.84. The average Bonchev–Trinajstić information content (AvgIpc) is 2.37. The van der Waals surface area contributed by atoms with Crippen LogP contribution in [0, 0.1) is 44.1 Å². The van der Waals surface area contributed by atoms with Crippen LogP contribution in [0.2, 0.25) is 0 Å². The molecule has 1 radical (unpaired) electrons. The maximum Gasteiger partial charge on any atom is 0.106 e. The van der Waals surface area contributed by atoms with E-state index in [1.165, 1.54) is 17.4 Å². The van der Waals surface area contributed by atoms with Crippen LogP contribution >= 0.6 is 11.3 Å². The van der Waals surface area contributed by atoms with Crippen molar-refractivity contribution in [2.75, 3.05) is 0 Å². The molecule has 51 valence electrons. The van der Waals surface area contributed by atoms with E-state index in [1.807, 2.05) is 17.5 Å². The van der Waals surface area contributed by atoms with Gasteiger partial charge in [-0.3, -0.25) is 0 Å². The van der Waals surface area contributed by atoms with Gasteiger partial charge in [-0.05, 0) is 11.4 Å². The Morgan fingerprint density at radius 2 is 2.40 bits per heavy atom. The van der Waals surface area contributed by atoms with Crippen LogP contribution in [0.25, 0.3) is 0 Å². The van der Waals surface area contributed by atoms with Crippen LogP contribution < -0.4 is 0 Å². The summed E-state index contributed by atoms with van der Waals surface area (Å²) in [5.41, 5.74) is 0. The van der Waals surface area contributed by atoms with Crippen molar-refractivity contribution in [2.45, 2.75) is 6.10 Å². The Labute approximate surface area is 100 Å². The zero-order chi connectivity index (χ0) is 6.69. The second-order valence-corrected chi connectivity index (χ2v) is 2.68. The second-order valence-electron chi connectivity index (χ2n) is 1.70. The predicted octanol–water partition coefficient (Wildman–Crippen LogP) is 1.97. The fourth-order valence-corrected chi connectivity index (χ4v) is 1.28. The van der Waals surface area contributed by atoms with E-state index in [0.29, 0.717) is 0 Å². The summed E-state index contributed by atoms with van der Waals surface area (Å²) in [5.74, 6) is 0. The molecular formula is C7H8AcOS. The Balaban J connectivity index is 0.000000810. The van der Waals surface area contributed by atoms with Crippen LogP contribution in [0.1, 0.15) is 11.0 Å². The zero-order valence-corrected chi connectivity index (χ0v) is 11.1. The van der Waals surface area contributed by atoms with Crippen molar-refractivity contribution in [1.82, 2.24) is 0 Å². The van der Waals surface area contributed by atoms with E-state index in [0.717, 1.165) is 4.88 Å². The molecule has 0 aliphatic heterocycles. The summed E-state index contributed by atoms with van der Waals surface area (Å²) in [6, 6.07) is 3.80. The first-order valence-corrected chi connectivity index (χ1v) is 3.56. The van der Waals surface area contributed by atoms with Crippen LogP contribution in [-0.2, 0) is 0 Å². The minimum Gasteiger partial charge on any atom is -0.383 e. The number of aliphatic hydroxyl groups excluding tert-OH is 1. The Morgan fingerprint density at radius 1 is 1.70 bits per heavy atom. The maximum atomic E-state index is 9.11. The summed E-state index contributed by atoms with van der Waals surface area (Å²) in [7, 11) is 0. The van der Waals surface area contributed by atoms with Gasteiger partial charge in [-0.2, -0.15) is 0 Å². The van der Waals surface area contributed by atoms with Crippen molar-refractivity contribution in [2.24, 2.45) is 0 Å². The van der Waals surface area contributed by atoms with Crippen molar-refractivity contribution in [3.8, 4) is 0 Å². The second kappa shape index (κ2) is 5.49. The van der Waals surface area contributed by atoms with Gasteiger partial charge in [0.05, 0.1) is 0 Å². The number of aliphatic hydroxyl groups is 1. The van der Waals surface area contributed by atoms with E-state index < -0.39 is 6.10 Å². The topological polar surface area (TPSA) is 20.2 Å². The van der Waals surface area contributed by atoms with Gasteiger partial charge in [0, 0.05) is 48.9 Å². The first kappa shape index (κ1) is 10.8. The van der Waals surface area contributed by atoms with E-state index in [1.54, 1.807) is 0 Å². The summed E-state index contributed by atoms with van der Waals surface area (Å²) >= 11 is 1.53. The molecule has 1 aromatic rings. The van der Waals surface area contributed by atoms with Crippen molar-refractivity contribution >= 4 is 11.3 Å². The van der Waals surface area contributed by atoms with Gasteiger partial charge < -0.3 is 5.11 Å². The molecule has 0 aliphatic carbocycles. The molecule has 0 fully saturated rings. The fourth-order valence-electron chi connectivity index (χ4n) is 0.576. The summed E-state index contributed by atoms with van der Waals surface area (Å²) in [5, 5.41) is 11.0. The van der Waals surface area contributed by atoms with E-state index in [9.17, 15) is 0 Å². The number of thiophene rings is 1. The molecule has 0 aliphatic rings. The van der Waals surface area contributed by atoms with Crippen molar-refractivity contribution in [3.63, 3.8) is 0 Å². The molecule has 1 heterocycles. The normalized spacial score (nSPS) is 11.7. The number of hydrogen-bond donors (Lipinski definition) is 1. The Hall–Kier alpha value is 0.842. The fraction of sp³-hybridized carbons (Fsp3) is 0.143. The molecule has 3 heteroatoms. The van der Waals surface area contributed by atoms with Crippen LogP contribution in [0.4, 0.5) is 0 Å². The summed E-state index contributed by atoms with van der Waals surface area (Å²) in [4.78, 5) is 0.949. The Bertz CT molecular complexity index is 183. The third-order valence-corrected chi connectivity index (χ3v) is 2.00. The van der Waals surface area contributed by atoms with Gasteiger partial charge in [0.25, 0.3) is 0 Å². The SMILES string of the molecule is C=CC(O)c1cccs1.[Ac]. The van der Waals surface area contributed by atoms with Crippen LogP contribution in [0.15, 0.2) is 30.2 Å². The predicted molar refractivity (Wildman–Crippen MR) is 39.5 cm³/mol. The summed E-state index contributed by atoms with van der Waals surface area (Å²) in [6.45, 7) is 3.47. The van der Waals surface area contributed by atoms with Crippen molar-refractivity contribution < 1.29 is 49.2 Å². The molecule has 0 spiro atoms. The molecule has 1 N–H and O–H groups in total. The third-order valence-electron chi connectivity index (χ3n) is 1.06. The average molecular weight is 367 g/mol. The molecule has 10 heavy (non-hydrogen) atoms. The molecule has 0 aromatic carbocycles. The van der Waals surface area contributed by atoms with Crippen LogP contribution in [0.3, 0.4) is 0 Å². The smallest absolute Gasteiger partial charge is 0.106 e. The van der Waals surface area contributed by atoms with E-state index in [2.05, 4.69) is 6.58 Å². The minimum atomic E-state index is -0.481. The molecule has 0 amide bonds. The number of rotatable bonds is 2. The molecule has 0 bridgehead atoms. The van der Waals surface area contributed by atoms with Gasteiger partial charge in [0.2, 0.25) is 0 Å². The first-order chi connectivity index (χ1) is 4.34. The van der Waals surface area contributed by atoms with Gasteiger partial charge >= 0.3 is 0 Å². The van der Waals surface area contributed by atoms with Gasteiger partial charge in [-0.1, -0.05) is 12.1 Å². The number of hydrogen-bond acceptors (Lipinski definition) is 2. The largest absolute Gasteiger partial charge is 0.383 e. The summed E-state index contributed by atoms with van der Waals surface area (Å²) in [6.07, 6.45) is 1.04. The van der Waals surface area contributed by atoms with Crippen molar-refractivity contribution in [3.05, 3.63) is 35.0 Å². The molecule has 1 unspecified atom stereocenters. The van der Waals surface area contributed by atoms with Crippen LogP contribution in [-0.4, -0.2) is 5.11 Å². The molecule has 0 saturated carbocycles. The maximum absolute atomic E-state index is 9.11. The monoisotopic (exact) mass is 367 g/mol. The molecule has 1 aromatic heterocycles.